The number of carbonyl (C=O) groups excluding carboxylic acids is 2. The zero-order valence-electron chi connectivity index (χ0n) is 12.6. The number of anilines is 1. The Morgan fingerprint density at radius 2 is 2.13 bits per heavy atom. The van der Waals surface area contributed by atoms with Crippen molar-refractivity contribution < 1.29 is 19.0 Å². The number of hydrogen-bond acceptors (Lipinski definition) is 6. The van der Waals surface area contributed by atoms with Crippen LogP contribution in [0.3, 0.4) is 0 Å². The van der Waals surface area contributed by atoms with E-state index in [1.54, 1.807) is 19.1 Å². The highest BCUT2D eigenvalue weighted by Crippen LogP contribution is 2.20. The Bertz CT molecular complexity index is 717. The molecule has 122 valence electrons. The van der Waals surface area contributed by atoms with Gasteiger partial charge in [0.1, 0.15) is 12.3 Å². The van der Waals surface area contributed by atoms with Gasteiger partial charge in [0, 0.05) is 12.6 Å². The monoisotopic (exact) mass is 338 g/mol. The maximum atomic E-state index is 12.1. The van der Waals surface area contributed by atoms with Crippen LogP contribution in [-0.4, -0.2) is 35.3 Å². The van der Waals surface area contributed by atoms with Crippen LogP contribution < -0.4 is 15.4 Å². The topological polar surface area (TPSA) is 106 Å². The summed E-state index contributed by atoms with van der Waals surface area (Å²) in [7, 11) is 0. The van der Waals surface area contributed by atoms with Gasteiger partial charge in [-0.2, -0.15) is 0 Å². The number of carbonyl (C=O) groups is 2. The molecule has 0 aliphatic heterocycles. The summed E-state index contributed by atoms with van der Waals surface area (Å²) < 4.78 is 9.79. The third-order valence-corrected chi connectivity index (χ3v) is 3.10. The number of hydrogen-bond donors (Lipinski definition) is 2. The molecule has 2 amide bonds. The third-order valence-electron chi connectivity index (χ3n) is 2.77. The van der Waals surface area contributed by atoms with E-state index in [-0.39, 0.29) is 41.4 Å². The van der Waals surface area contributed by atoms with E-state index in [1.165, 1.54) is 13.0 Å². The lowest BCUT2D eigenvalue weighted by molar-refractivity contribution is -0.114. The summed E-state index contributed by atoms with van der Waals surface area (Å²) in [5.74, 6) is -0.325. The van der Waals surface area contributed by atoms with Crippen molar-refractivity contribution in [3.8, 4) is 5.88 Å². The van der Waals surface area contributed by atoms with Crippen molar-refractivity contribution in [2.45, 2.75) is 13.8 Å². The molecule has 1 aromatic heterocycles. The number of nitrogens with zero attached hydrogens (tertiary/aromatic N) is 2. The zero-order chi connectivity index (χ0) is 16.8. The Hall–Kier alpha value is -2.61. The Kier molecular flexibility index (Phi) is 5.53. The number of halogens is 1. The van der Waals surface area contributed by atoms with Crippen molar-refractivity contribution in [1.29, 1.82) is 0 Å². The molecule has 0 spiro atoms. The highest BCUT2D eigenvalue weighted by atomic mass is 35.5. The van der Waals surface area contributed by atoms with Crippen LogP contribution in [-0.2, 0) is 4.79 Å². The van der Waals surface area contributed by atoms with Crippen LogP contribution >= 0.6 is 11.6 Å². The lowest BCUT2D eigenvalue weighted by atomic mass is 10.2. The molecular weight excluding hydrogens is 324 g/mol. The van der Waals surface area contributed by atoms with Crippen molar-refractivity contribution in [1.82, 2.24) is 15.6 Å². The van der Waals surface area contributed by atoms with Crippen LogP contribution in [0.1, 0.15) is 23.0 Å². The van der Waals surface area contributed by atoms with E-state index in [1.807, 2.05) is 0 Å². The molecule has 23 heavy (non-hydrogen) atoms. The number of aryl methyl sites for hydroxylation is 1. The van der Waals surface area contributed by atoms with E-state index in [4.69, 9.17) is 16.3 Å². The van der Waals surface area contributed by atoms with Gasteiger partial charge in [0.05, 0.1) is 17.1 Å². The molecule has 0 atom stereocenters. The van der Waals surface area contributed by atoms with Crippen molar-refractivity contribution >= 4 is 29.1 Å². The average molecular weight is 339 g/mol. The van der Waals surface area contributed by atoms with Crippen molar-refractivity contribution in [2.75, 3.05) is 18.5 Å². The van der Waals surface area contributed by atoms with Gasteiger partial charge >= 0.3 is 0 Å². The number of ether oxygens (including phenoxy) is 1. The number of rotatable bonds is 6. The minimum Gasteiger partial charge on any atom is -0.472 e. The van der Waals surface area contributed by atoms with Crippen LogP contribution in [0, 0.1) is 6.92 Å². The van der Waals surface area contributed by atoms with E-state index in [0.29, 0.717) is 11.4 Å². The summed E-state index contributed by atoms with van der Waals surface area (Å²) in [6.45, 7) is 3.51. The third kappa shape index (κ3) is 4.68. The molecule has 0 saturated carbocycles. The van der Waals surface area contributed by atoms with Gasteiger partial charge in [-0.1, -0.05) is 16.8 Å². The first kappa shape index (κ1) is 16.8. The van der Waals surface area contributed by atoms with Gasteiger partial charge in [-0.25, -0.2) is 4.63 Å². The number of aromatic nitrogens is 2. The SMILES string of the molecule is CC(=O)Nc1ccc(Cl)c(C(=O)NCCOc2nonc2C)c1. The van der Waals surface area contributed by atoms with E-state index in [2.05, 4.69) is 25.6 Å². The van der Waals surface area contributed by atoms with Gasteiger partial charge in [-0.15, -0.1) is 0 Å². The minimum absolute atomic E-state index is 0.198. The van der Waals surface area contributed by atoms with E-state index in [9.17, 15) is 9.59 Å². The first-order valence-corrected chi connectivity index (χ1v) is 7.12. The molecule has 0 aliphatic carbocycles. The Morgan fingerprint density at radius 3 is 2.78 bits per heavy atom. The van der Waals surface area contributed by atoms with E-state index in [0.717, 1.165) is 0 Å². The second-order valence-corrected chi connectivity index (χ2v) is 5.04. The lowest BCUT2D eigenvalue weighted by Crippen LogP contribution is -2.28. The molecule has 1 aromatic carbocycles. The highest BCUT2D eigenvalue weighted by Gasteiger charge is 2.12. The fourth-order valence-electron chi connectivity index (χ4n) is 1.74. The molecule has 2 N–H and O–H groups in total. The minimum atomic E-state index is -0.374. The van der Waals surface area contributed by atoms with Crippen LogP contribution in [0.5, 0.6) is 5.88 Å². The fourth-order valence-corrected chi connectivity index (χ4v) is 1.95. The van der Waals surface area contributed by atoms with E-state index < -0.39 is 0 Å². The second kappa shape index (κ2) is 7.59. The van der Waals surface area contributed by atoms with Gasteiger partial charge in [-0.3, -0.25) is 9.59 Å². The maximum Gasteiger partial charge on any atom is 0.278 e. The molecule has 0 saturated heterocycles. The molecule has 2 aromatic rings. The molecule has 8 nitrogen and oxygen atoms in total. The standard InChI is InChI=1S/C14H15ClN4O4/c1-8-14(19-23-18-8)22-6-5-16-13(21)11-7-10(17-9(2)20)3-4-12(11)15/h3-4,7H,5-6H2,1-2H3,(H,16,21)(H,17,20). The molecular formula is C14H15ClN4O4. The fraction of sp³-hybridized carbons (Fsp3) is 0.286. The Labute approximate surface area is 137 Å². The van der Waals surface area contributed by atoms with Gasteiger partial charge in [0.25, 0.3) is 11.8 Å². The first-order chi connectivity index (χ1) is 11.0. The predicted octanol–water partition coefficient (Wildman–Crippen LogP) is 1.80. The molecule has 0 unspecified atom stereocenters. The molecule has 1 heterocycles. The summed E-state index contributed by atoms with van der Waals surface area (Å²) in [6, 6.07) is 4.66. The smallest absolute Gasteiger partial charge is 0.278 e. The molecule has 2 rings (SSSR count). The summed E-state index contributed by atoms with van der Waals surface area (Å²) >= 11 is 6.01. The molecule has 0 aliphatic rings. The Balaban J connectivity index is 1.90. The number of nitrogens with one attached hydrogen (secondary N) is 2. The normalized spacial score (nSPS) is 10.2. The number of amides is 2. The molecule has 9 heteroatoms. The molecule has 0 fully saturated rings. The second-order valence-electron chi connectivity index (χ2n) is 4.63. The summed E-state index contributed by atoms with van der Waals surface area (Å²) in [4.78, 5) is 23.2. The summed E-state index contributed by atoms with van der Waals surface area (Å²) in [5, 5.41) is 12.7. The maximum absolute atomic E-state index is 12.1. The van der Waals surface area contributed by atoms with Crippen LogP contribution in [0.25, 0.3) is 0 Å². The Morgan fingerprint density at radius 1 is 1.35 bits per heavy atom. The predicted molar refractivity (Wildman–Crippen MR) is 82.6 cm³/mol. The van der Waals surface area contributed by atoms with Crippen molar-refractivity contribution in [3.63, 3.8) is 0 Å². The van der Waals surface area contributed by atoms with E-state index >= 15 is 0 Å². The van der Waals surface area contributed by atoms with Gasteiger partial charge in [-0.05, 0) is 30.3 Å². The quantitative estimate of drug-likeness (QED) is 0.778. The van der Waals surface area contributed by atoms with Crippen molar-refractivity contribution in [3.05, 3.63) is 34.5 Å². The summed E-state index contributed by atoms with van der Waals surface area (Å²) in [6.07, 6.45) is 0. The largest absolute Gasteiger partial charge is 0.472 e. The van der Waals surface area contributed by atoms with Crippen LogP contribution in [0.4, 0.5) is 5.69 Å². The van der Waals surface area contributed by atoms with Gasteiger partial charge < -0.3 is 15.4 Å². The van der Waals surface area contributed by atoms with Crippen LogP contribution in [0.15, 0.2) is 22.8 Å². The lowest BCUT2D eigenvalue weighted by Gasteiger charge is -2.09. The van der Waals surface area contributed by atoms with Crippen molar-refractivity contribution in [2.24, 2.45) is 0 Å². The zero-order valence-corrected chi connectivity index (χ0v) is 13.3. The first-order valence-electron chi connectivity index (χ1n) is 6.74. The molecule has 0 radical (unpaired) electrons. The van der Waals surface area contributed by atoms with Gasteiger partial charge in [0.2, 0.25) is 5.91 Å². The van der Waals surface area contributed by atoms with Crippen LogP contribution in [0.2, 0.25) is 5.02 Å². The number of benzene rings is 1. The highest BCUT2D eigenvalue weighted by molar-refractivity contribution is 6.34. The van der Waals surface area contributed by atoms with Gasteiger partial charge in [0.15, 0.2) is 0 Å². The average Bonchev–Trinajstić information content (AvgIpc) is 2.90. The summed E-state index contributed by atoms with van der Waals surface area (Å²) in [5.41, 5.74) is 1.28. The molecule has 0 bridgehead atoms.